The van der Waals surface area contributed by atoms with Crippen molar-refractivity contribution >= 4 is 11.7 Å². The number of carbonyl (C=O) groups is 1. The Balaban J connectivity index is 1.66. The highest BCUT2D eigenvalue weighted by molar-refractivity contribution is 5.94. The van der Waals surface area contributed by atoms with E-state index in [9.17, 15) is 4.79 Å². The second-order valence-electron chi connectivity index (χ2n) is 4.85. The molecular weight excluding hydrogens is 278 g/mol. The zero-order valence-corrected chi connectivity index (χ0v) is 12.0. The molecule has 0 spiro atoms. The number of nitrogens with zero attached hydrogens (tertiary/aromatic N) is 3. The lowest BCUT2D eigenvalue weighted by atomic mass is 10.1. The fraction of sp³-hybridized carbons (Fsp3) is 0.0625. The van der Waals surface area contributed by atoms with E-state index in [0.29, 0.717) is 11.4 Å². The lowest BCUT2D eigenvalue weighted by Crippen LogP contribution is -2.28. The molecule has 2 aromatic carbocycles. The Labute approximate surface area is 127 Å². The molecule has 2 amide bonds. The lowest BCUT2D eigenvalue weighted by molar-refractivity contribution is 0.259. The molecule has 110 valence electrons. The van der Waals surface area contributed by atoms with Crippen molar-refractivity contribution in [2.24, 2.45) is 0 Å². The van der Waals surface area contributed by atoms with Crippen LogP contribution < -0.4 is 10.7 Å². The SMILES string of the molecule is Cc1ccc(-c2cn(NC(=O)Nc3ccccc3)nn2)cc1. The predicted molar refractivity (Wildman–Crippen MR) is 85.0 cm³/mol. The maximum absolute atomic E-state index is 11.9. The largest absolute Gasteiger partial charge is 0.339 e. The van der Waals surface area contributed by atoms with Crippen LogP contribution in [0.1, 0.15) is 5.56 Å². The monoisotopic (exact) mass is 293 g/mol. The minimum atomic E-state index is -0.383. The minimum Gasteiger partial charge on any atom is -0.307 e. The highest BCUT2D eigenvalue weighted by atomic mass is 16.2. The molecule has 0 saturated carbocycles. The molecule has 3 aromatic rings. The molecule has 0 atom stereocenters. The molecule has 0 aliphatic carbocycles. The maximum Gasteiger partial charge on any atom is 0.339 e. The molecule has 6 nitrogen and oxygen atoms in total. The normalized spacial score (nSPS) is 10.2. The Morgan fingerprint density at radius 1 is 1.05 bits per heavy atom. The first kappa shape index (κ1) is 13.8. The van der Waals surface area contributed by atoms with Gasteiger partial charge in [-0.1, -0.05) is 48.0 Å². The van der Waals surface area contributed by atoms with E-state index in [1.54, 1.807) is 18.3 Å². The number of rotatable bonds is 3. The van der Waals surface area contributed by atoms with E-state index in [1.165, 1.54) is 10.4 Å². The molecule has 6 heteroatoms. The van der Waals surface area contributed by atoms with Crippen molar-refractivity contribution in [3.05, 3.63) is 66.4 Å². The summed E-state index contributed by atoms with van der Waals surface area (Å²) < 4.78 is 0. The van der Waals surface area contributed by atoms with Crippen molar-refractivity contribution in [3.8, 4) is 11.3 Å². The molecule has 0 radical (unpaired) electrons. The number of aromatic nitrogens is 3. The first-order valence-corrected chi connectivity index (χ1v) is 6.83. The van der Waals surface area contributed by atoms with Crippen LogP contribution in [-0.2, 0) is 0 Å². The van der Waals surface area contributed by atoms with Gasteiger partial charge >= 0.3 is 6.03 Å². The number of benzene rings is 2. The predicted octanol–water partition coefficient (Wildman–Crippen LogP) is 3.03. The van der Waals surface area contributed by atoms with Gasteiger partial charge in [0.15, 0.2) is 0 Å². The third-order valence-corrected chi connectivity index (χ3v) is 3.09. The van der Waals surface area contributed by atoms with E-state index < -0.39 is 0 Å². The van der Waals surface area contributed by atoms with Gasteiger partial charge in [0.1, 0.15) is 5.69 Å². The van der Waals surface area contributed by atoms with Gasteiger partial charge in [-0.25, -0.2) is 10.2 Å². The topological polar surface area (TPSA) is 71.8 Å². The molecule has 22 heavy (non-hydrogen) atoms. The summed E-state index contributed by atoms with van der Waals surface area (Å²) >= 11 is 0. The van der Waals surface area contributed by atoms with E-state index >= 15 is 0 Å². The van der Waals surface area contributed by atoms with Gasteiger partial charge in [0.2, 0.25) is 0 Å². The average molecular weight is 293 g/mol. The van der Waals surface area contributed by atoms with Gasteiger partial charge in [-0.05, 0) is 24.3 Å². The van der Waals surface area contributed by atoms with Gasteiger partial charge in [0, 0.05) is 11.3 Å². The van der Waals surface area contributed by atoms with E-state index in [4.69, 9.17) is 0 Å². The van der Waals surface area contributed by atoms with Gasteiger partial charge in [0.25, 0.3) is 0 Å². The average Bonchev–Trinajstić information content (AvgIpc) is 2.97. The van der Waals surface area contributed by atoms with Crippen LogP contribution in [0.4, 0.5) is 10.5 Å². The minimum absolute atomic E-state index is 0.383. The Kier molecular flexibility index (Phi) is 3.82. The van der Waals surface area contributed by atoms with E-state index in [2.05, 4.69) is 21.1 Å². The second kappa shape index (κ2) is 6.09. The Morgan fingerprint density at radius 2 is 1.77 bits per heavy atom. The van der Waals surface area contributed by atoms with Gasteiger partial charge < -0.3 is 5.32 Å². The molecule has 1 aromatic heterocycles. The Bertz CT molecular complexity index is 765. The van der Waals surface area contributed by atoms with Crippen LogP contribution in [0, 0.1) is 6.92 Å². The summed E-state index contributed by atoms with van der Waals surface area (Å²) in [7, 11) is 0. The van der Waals surface area contributed by atoms with Crippen molar-refractivity contribution in [1.82, 2.24) is 15.1 Å². The summed E-state index contributed by atoms with van der Waals surface area (Å²) in [5.41, 5.74) is 6.11. The maximum atomic E-state index is 11.9. The van der Waals surface area contributed by atoms with E-state index in [-0.39, 0.29) is 6.03 Å². The van der Waals surface area contributed by atoms with Crippen molar-refractivity contribution in [2.75, 3.05) is 10.7 Å². The van der Waals surface area contributed by atoms with Crippen LogP contribution in [0.15, 0.2) is 60.8 Å². The molecule has 0 unspecified atom stereocenters. The number of nitrogens with one attached hydrogen (secondary N) is 2. The Morgan fingerprint density at radius 3 is 2.50 bits per heavy atom. The number of aryl methyl sites for hydroxylation is 1. The quantitative estimate of drug-likeness (QED) is 0.779. The lowest BCUT2D eigenvalue weighted by Gasteiger charge is -2.05. The molecule has 0 fully saturated rings. The Hall–Kier alpha value is -3.15. The molecule has 0 bridgehead atoms. The molecule has 2 N–H and O–H groups in total. The number of para-hydroxylation sites is 1. The number of hydrogen-bond acceptors (Lipinski definition) is 3. The molecule has 3 rings (SSSR count). The van der Waals surface area contributed by atoms with Gasteiger partial charge in [-0.2, -0.15) is 4.79 Å². The zero-order valence-electron chi connectivity index (χ0n) is 12.0. The van der Waals surface area contributed by atoms with Crippen LogP contribution in [0.5, 0.6) is 0 Å². The van der Waals surface area contributed by atoms with Crippen molar-refractivity contribution in [2.45, 2.75) is 6.92 Å². The molecule has 0 aliphatic heterocycles. The number of hydrogen-bond donors (Lipinski definition) is 2. The fourth-order valence-corrected chi connectivity index (χ4v) is 1.96. The number of urea groups is 1. The van der Waals surface area contributed by atoms with Crippen molar-refractivity contribution < 1.29 is 4.79 Å². The summed E-state index contributed by atoms with van der Waals surface area (Å²) in [4.78, 5) is 13.1. The van der Waals surface area contributed by atoms with Crippen LogP contribution in [0.2, 0.25) is 0 Å². The fourth-order valence-electron chi connectivity index (χ4n) is 1.96. The second-order valence-corrected chi connectivity index (χ2v) is 4.85. The highest BCUT2D eigenvalue weighted by Crippen LogP contribution is 2.16. The molecule has 1 heterocycles. The van der Waals surface area contributed by atoms with Crippen molar-refractivity contribution in [3.63, 3.8) is 0 Å². The van der Waals surface area contributed by atoms with Crippen LogP contribution in [0.25, 0.3) is 11.3 Å². The summed E-state index contributed by atoms with van der Waals surface area (Å²) in [6.45, 7) is 2.02. The highest BCUT2D eigenvalue weighted by Gasteiger charge is 2.06. The van der Waals surface area contributed by atoms with Crippen LogP contribution in [-0.4, -0.2) is 21.1 Å². The summed E-state index contributed by atoms with van der Waals surface area (Å²) in [6.07, 6.45) is 1.66. The molecular formula is C16H15N5O. The third-order valence-electron chi connectivity index (χ3n) is 3.09. The number of carbonyl (C=O) groups excluding carboxylic acids is 1. The van der Waals surface area contributed by atoms with Gasteiger partial charge in [-0.3, -0.25) is 0 Å². The molecule has 0 aliphatic rings. The van der Waals surface area contributed by atoms with Crippen LogP contribution in [0.3, 0.4) is 0 Å². The third kappa shape index (κ3) is 3.29. The van der Waals surface area contributed by atoms with Gasteiger partial charge in [0.05, 0.1) is 6.20 Å². The van der Waals surface area contributed by atoms with Gasteiger partial charge in [-0.15, -0.1) is 5.10 Å². The van der Waals surface area contributed by atoms with Crippen molar-refractivity contribution in [1.29, 1.82) is 0 Å². The standard InChI is InChI=1S/C16H15N5O/c1-12-7-9-13(10-8-12)15-11-21(20-18-15)19-16(22)17-14-5-3-2-4-6-14/h2-11H,1H3,(H2,17,19,22). The zero-order chi connectivity index (χ0) is 15.4. The summed E-state index contributed by atoms with van der Waals surface area (Å²) in [5.74, 6) is 0. The summed E-state index contributed by atoms with van der Waals surface area (Å²) in [5, 5.41) is 10.6. The van der Waals surface area contributed by atoms with Crippen LogP contribution >= 0.6 is 0 Å². The van der Waals surface area contributed by atoms with E-state index in [0.717, 1.165) is 5.56 Å². The molecule has 0 saturated heterocycles. The number of amides is 2. The first-order valence-electron chi connectivity index (χ1n) is 6.83. The number of anilines is 1. The van der Waals surface area contributed by atoms with E-state index in [1.807, 2.05) is 49.4 Å². The first-order chi connectivity index (χ1) is 10.7. The summed E-state index contributed by atoms with van der Waals surface area (Å²) in [6, 6.07) is 16.7. The smallest absolute Gasteiger partial charge is 0.307 e.